The van der Waals surface area contributed by atoms with E-state index in [4.69, 9.17) is 14.9 Å². The van der Waals surface area contributed by atoms with Crippen LogP contribution in [0.15, 0.2) is 22.8 Å². The van der Waals surface area contributed by atoms with Gasteiger partial charge in [0.25, 0.3) is 23.6 Å². The van der Waals surface area contributed by atoms with Gasteiger partial charge in [-0.2, -0.15) is 11.8 Å². The molecular weight excluding hydrogens is 995 g/mol. The summed E-state index contributed by atoms with van der Waals surface area (Å²) in [6.07, 6.45) is 9.76. The number of nitrogens with zero attached hydrogens (tertiary/aromatic N) is 4. The summed E-state index contributed by atoms with van der Waals surface area (Å²) in [5.41, 5.74) is 1.64. The third-order valence-electron chi connectivity index (χ3n) is 11.3. The highest BCUT2D eigenvalue weighted by molar-refractivity contribution is 7.97. The number of nitrogens with one attached hydrogen (secondary N) is 1. The number of Topliss-reactive ketones (excluding diaryl/α,β-unsaturated/α-hetero) is 3. The van der Waals surface area contributed by atoms with Gasteiger partial charge in [0.05, 0.1) is 12.3 Å². The predicted octanol–water partition coefficient (Wildman–Crippen LogP) is 6.25. The summed E-state index contributed by atoms with van der Waals surface area (Å²) in [5.74, 6) is -2.82. The molecule has 0 saturated carbocycles. The van der Waals surface area contributed by atoms with E-state index in [1.54, 1.807) is 86.2 Å². The van der Waals surface area contributed by atoms with Crippen molar-refractivity contribution in [1.82, 2.24) is 24.9 Å². The molecule has 2 fully saturated rings. The Kier molecular flexibility index (Phi) is 46.5. The molecule has 4 aliphatic heterocycles. The number of ether oxygens (including phenoxy) is 1. The van der Waals surface area contributed by atoms with Crippen LogP contribution in [0, 0.1) is 29.6 Å². The lowest BCUT2D eigenvalue weighted by Gasteiger charge is -2.16. The summed E-state index contributed by atoms with van der Waals surface area (Å²) < 4.78 is 5.07. The lowest BCUT2D eigenvalue weighted by molar-refractivity contribution is -0.143. The molecule has 0 aliphatic carbocycles. The number of aliphatic carboxylic acids is 2. The van der Waals surface area contributed by atoms with Gasteiger partial charge in [-0.15, -0.1) is 0 Å². The second-order valence-electron chi connectivity index (χ2n) is 17.7. The molecule has 3 N–H and O–H groups in total. The summed E-state index contributed by atoms with van der Waals surface area (Å²) in [6, 6.07) is 0. The number of amides is 8. The minimum Gasteiger partial charge on any atom is -0.481 e. The normalized spacial score (nSPS) is 17.8. The van der Waals surface area contributed by atoms with Crippen LogP contribution in [0.3, 0.4) is 0 Å². The van der Waals surface area contributed by atoms with Gasteiger partial charge in [-0.25, -0.2) is 0 Å². The third kappa shape index (κ3) is 33.6. The zero-order chi connectivity index (χ0) is 59.5. The van der Waals surface area contributed by atoms with Gasteiger partial charge < -0.3 is 30.0 Å². The van der Waals surface area contributed by atoms with Crippen LogP contribution in [0.2, 0.25) is 0 Å². The first-order valence-corrected chi connectivity index (χ1v) is 25.8. The first-order valence-electron chi connectivity index (χ1n) is 24.2. The van der Waals surface area contributed by atoms with Crippen LogP contribution in [0.5, 0.6) is 0 Å². The van der Waals surface area contributed by atoms with Gasteiger partial charge in [0.2, 0.25) is 23.6 Å². The van der Waals surface area contributed by atoms with E-state index in [0.29, 0.717) is 47.7 Å². The van der Waals surface area contributed by atoms with Gasteiger partial charge in [-0.3, -0.25) is 72.2 Å². The summed E-state index contributed by atoms with van der Waals surface area (Å²) >= 11 is 1.75. The monoisotopic (exact) mass is 1090 g/mol. The largest absolute Gasteiger partial charge is 0.481 e. The average molecular weight is 1090 g/mol. The molecule has 0 aromatic carbocycles. The van der Waals surface area contributed by atoms with Crippen LogP contribution in [0.1, 0.15) is 149 Å². The van der Waals surface area contributed by atoms with Crippen LogP contribution in [0.4, 0.5) is 0 Å². The number of likely N-dealkylation sites (N-methyl/N-ethyl adjacent to an activating group) is 2. The Balaban J connectivity index is -0.000000181. The fourth-order valence-electron chi connectivity index (χ4n) is 5.91. The number of thioether (sulfide) groups is 1. The molecule has 0 radical (unpaired) electrons. The maximum Gasteiger partial charge on any atom is 0.306 e. The Morgan fingerprint density at radius 3 is 1.31 bits per heavy atom. The summed E-state index contributed by atoms with van der Waals surface area (Å²) in [4.78, 5) is 143. The van der Waals surface area contributed by atoms with E-state index in [1.807, 2.05) is 26.4 Å². The molecule has 8 amide bonds. The van der Waals surface area contributed by atoms with E-state index in [1.165, 1.54) is 46.1 Å². The standard InChI is InChI=1S/C7H13NO2.C7H9NO2.C7H12O3.C7H14O.C6H11NO3.C6H9NO2.C6H7NO2.C4H8O.C2H6S.CH4/c1-5-4-6(10-3)8(2)7(5)9;1-4-5(2)7(10)8(3)6(4)9;1-3-6(8)4-5(2)7(9)10;1-4-7(5-2)6(3)8;1-4(3-5(8)9)6(10)7-2;2*1-4-3-5(8)7(2)6(4)9;1-3-4(2)5;1-3-2;/h5-6H,4H2,1-3H3;1-3H3;5H,3-4H2,1-2H3,(H,9,10);7H,4-5H2,1-3H3;4H,3H2,1-2H3,(H,7,10)(H,8,9);4H,3H2,1-2H3;3H,1-2H3;3H2,1-2H3;1-2H3;1H4. The van der Waals surface area contributed by atoms with E-state index in [-0.39, 0.29) is 97.2 Å². The molecule has 5 atom stereocenters. The van der Waals surface area contributed by atoms with Crippen molar-refractivity contribution in [2.24, 2.45) is 29.6 Å². The van der Waals surface area contributed by atoms with E-state index in [9.17, 15) is 62.3 Å². The van der Waals surface area contributed by atoms with Crippen LogP contribution in [-0.2, 0) is 67.1 Å². The number of likely N-dealkylation sites (tertiary alicyclic amines) is 2. The molecule has 432 valence electrons. The van der Waals surface area contributed by atoms with E-state index in [0.717, 1.165) is 29.1 Å². The van der Waals surface area contributed by atoms with Crippen LogP contribution >= 0.6 is 11.8 Å². The van der Waals surface area contributed by atoms with Crippen molar-refractivity contribution in [3.63, 3.8) is 0 Å². The molecule has 5 unspecified atom stereocenters. The lowest BCUT2D eigenvalue weighted by Crippen LogP contribution is -2.30. The molecule has 2 saturated heterocycles. The van der Waals surface area contributed by atoms with Gasteiger partial charge in [-0.1, -0.05) is 62.8 Å². The second-order valence-corrected chi connectivity index (χ2v) is 18.5. The van der Waals surface area contributed by atoms with Crippen molar-refractivity contribution in [2.75, 3.05) is 54.9 Å². The molecule has 0 bridgehead atoms. The molecule has 0 aromatic rings. The quantitative estimate of drug-likeness (QED) is 0.182. The van der Waals surface area contributed by atoms with Crippen molar-refractivity contribution in [3.8, 4) is 0 Å². The van der Waals surface area contributed by atoms with E-state index in [2.05, 4.69) is 19.2 Å². The predicted molar refractivity (Wildman–Crippen MR) is 291 cm³/mol. The molecular formula is C53H93N5O16S. The topological polar surface area (TPSA) is 297 Å². The SMILES string of the molecule is C.CC1=C(C)C(=O)N(C)C1=O.CC1=CC(=O)N(C)C1=O.CC1CC(=O)N(C)C1=O.CCC(=O)CC(C)C(=O)O.CCC(C)=O.CCC(CC)C(C)=O.CNC(=O)C(C)CC(=O)O.COC1CC(C)C(=O)N1C.CSC. The van der Waals surface area contributed by atoms with Crippen LogP contribution in [0.25, 0.3) is 0 Å². The van der Waals surface area contributed by atoms with Gasteiger partial charge >= 0.3 is 11.9 Å². The average Bonchev–Trinajstić information content (AvgIpc) is 3.89. The molecule has 75 heavy (non-hydrogen) atoms. The third-order valence-corrected chi connectivity index (χ3v) is 11.3. The molecule has 21 nitrogen and oxygen atoms in total. The van der Waals surface area contributed by atoms with Gasteiger partial charge in [0.1, 0.15) is 23.6 Å². The molecule has 4 heterocycles. The highest BCUT2D eigenvalue weighted by atomic mass is 32.2. The van der Waals surface area contributed by atoms with Gasteiger partial charge in [0, 0.05) is 121 Å². The number of rotatable bonds is 12. The lowest BCUT2D eigenvalue weighted by atomic mass is 10.00. The number of methoxy groups -OCH3 is 1. The Morgan fingerprint density at radius 1 is 0.720 bits per heavy atom. The van der Waals surface area contributed by atoms with E-state index >= 15 is 0 Å². The number of carbonyl (C=O) groups is 13. The molecule has 0 spiro atoms. The van der Waals surface area contributed by atoms with Crippen molar-refractivity contribution in [2.45, 2.75) is 155 Å². The second kappa shape index (κ2) is 43.4. The smallest absolute Gasteiger partial charge is 0.306 e. The number of imide groups is 3. The van der Waals surface area contributed by atoms with Crippen LogP contribution < -0.4 is 5.32 Å². The Bertz CT molecular complexity index is 1960. The van der Waals surface area contributed by atoms with E-state index < -0.39 is 23.8 Å². The van der Waals surface area contributed by atoms with Crippen molar-refractivity contribution in [1.29, 1.82) is 0 Å². The highest BCUT2D eigenvalue weighted by Crippen LogP contribution is 2.22. The Labute approximate surface area is 451 Å². The number of carbonyl (C=O) groups excluding carboxylic acids is 11. The van der Waals surface area contributed by atoms with Crippen molar-refractivity contribution < 1.29 is 77.3 Å². The number of hydrogen-bond acceptors (Lipinski definition) is 15. The molecule has 22 heteroatoms. The Hall–Kier alpha value is -5.90. The number of hydrogen-bond donors (Lipinski definition) is 3. The minimum absolute atomic E-state index is 0. The first kappa shape index (κ1) is 80.5. The number of ketones is 3. The summed E-state index contributed by atoms with van der Waals surface area (Å²) in [6.45, 7) is 22.7. The maximum atomic E-state index is 11.1. The van der Waals surface area contributed by atoms with Crippen LogP contribution in [-0.4, -0.2) is 167 Å². The zero-order valence-corrected chi connectivity index (χ0v) is 48.8. The number of carboxylic acid groups (broad SMARTS) is 2. The van der Waals surface area contributed by atoms with Crippen molar-refractivity contribution in [3.05, 3.63) is 22.8 Å². The van der Waals surface area contributed by atoms with Gasteiger partial charge in [-0.05, 0) is 60.0 Å². The molecule has 4 rings (SSSR count). The Morgan fingerprint density at radius 2 is 1.16 bits per heavy atom. The number of carboxylic acids is 2. The molecule has 4 aliphatic rings. The fourth-order valence-corrected chi connectivity index (χ4v) is 5.91. The zero-order valence-electron chi connectivity index (χ0n) is 48.0. The maximum absolute atomic E-state index is 11.1. The first-order chi connectivity index (χ1) is 34.0. The fraction of sp³-hybridized carbons (Fsp3) is 0.679. The van der Waals surface area contributed by atoms with Gasteiger partial charge in [0.15, 0.2) is 0 Å². The summed E-state index contributed by atoms with van der Waals surface area (Å²) in [5, 5.41) is 19.0. The highest BCUT2D eigenvalue weighted by Gasteiger charge is 2.34. The minimum atomic E-state index is -0.948. The molecule has 0 aromatic heterocycles. The summed E-state index contributed by atoms with van der Waals surface area (Å²) in [7, 11) is 9.38. The van der Waals surface area contributed by atoms with Crippen molar-refractivity contribution >= 4 is 88.3 Å².